The van der Waals surface area contributed by atoms with E-state index in [0.29, 0.717) is 0 Å². The molecule has 1 aromatic rings. The van der Waals surface area contributed by atoms with Crippen molar-refractivity contribution in [3.63, 3.8) is 0 Å². The first kappa shape index (κ1) is 10.7. The lowest BCUT2D eigenvalue weighted by atomic mass is 10.1. The van der Waals surface area contributed by atoms with Crippen LogP contribution in [-0.2, 0) is 6.42 Å². The Balaban J connectivity index is 3.31. The maximum atomic E-state index is 12.5. The van der Waals surface area contributed by atoms with E-state index in [1.54, 1.807) is 6.07 Å². The standard InChI is InChI=1S/C8H6ClF2N3/c9-4-3-14-5(1-2-12)6(7(4)13)8(10)11/h3,8H,1H2,(H2,13,14). The highest BCUT2D eigenvalue weighted by Crippen LogP contribution is 2.32. The predicted molar refractivity (Wildman–Crippen MR) is 47.9 cm³/mol. The van der Waals surface area contributed by atoms with Crippen molar-refractivity contribution in [2.45, 2.75) is 12.8 Å². The van der Waals surface area contributed by atoms with Crippen LogP contribution in [0.2, 0.25) is 5.02 Å². The monoisotopic (exact) mass is 217 g/mol. The fourth-order valence-corrected chi connectivity index (χ4v) is 1.17. The van der Waals surface area contributed by atoms with Crippen molar-refractivity contribution in [2.75, 3.05) is 5.73 Å². The number of nitriles is 1. The van der Waals surface area contributed by atoms with Crippen LogP contribution in [0.5, 0.6) is 0 Å². The van der Waals surface area contributed by atoms with E-state index < -0.39 is 12.0 Å². The molecule has 0 saturated heterocycles. The molecule has 0 aliphatic rings. The molecular formula is C8H6ClF2N3. The van der Waals surface area contributed by atoms with E-state index in [0.717, 1.165) is 6.20 Å². The molecule has 2 N–H and O–H groups in total. The molecular weight excluding hydrogens is 212 g/mol. The van der Waals surface area contributed by atoms with Gasteiger partial charge in [0.2, 0.25) is 0 Å². The molecule has 14 heavy (non-hydrogen) atoms. The van der Waals surface area contributed by atoms with Crippen LogP contribution in [-0.4, -0.2) is 4.98 Å². The summed E-state index contributed by atoms with van der Waals surface area (Å²) in [5, 5.41) is 8.35. The molecule has 0 aliphatic carbocycles. The van der Waals surface area contributed by atoms with Crippen LogP contribution in [0, 0.1) is 11.3 Å². The highest BCUT2D eigenvalue weighted by atomic mass is 35.5. The van der Waals surface area contributed by atoms with Crippen molar-refractivity contribution in [3.05, 3.63) is 22.5 Å². The van der Waals surface area contributed by atoms with Crippen molar-refractivity contribution in [3.8, 4) is 6.07 Å². The normalized spacial score (nSPS) is 10.2. The molecule has 74 valence electrons. The number of alkyl halides is 2. The Morgan fingerprint density at radius 3 is 2.79 bits per heavy atom. The first-order chi connectivity index (χ1) is 6.57. The molecule has 0 unspecified atom stereocenters. The lowest BCUT2D eigenvalue weighted by Crippen LogP contribution is -2.03. The van der Waals surface area contributed by atoms with Gasteiger partial charge >= 0.3 is 0 Å². The van der Waals surface area contributed by atoms with Gasteiger partial charge in [-0.15, -0.1) is 0 Å². The number of aromatic nitrogens is 1. The Kier molecular flexibility index (Phi) is 3.20. The highest BCUT2D eigenvalue weighted by Gasteiger charge is 2.19. The molecule has 1 aromatic heterocycles. The Labute approximate surface area is 84.1 Å². The van der Waals surface area contributed by atoms with E-state index in [1.165, 1.54) is 0 Å². The summed E-state index contributed by atoms with van der Waals surface area (Å²) in [7, 11) is 0. The van der Waals surface area contributed by atoms with E-state index >= 15 is 0 Å². The number of nitrogen functional groups attached to an aromatic ring is 1. The van der Waals surface area contributed by atoms with Crippen LogP contribution < -0.4 is 5.73 Å². The van der Waals surface area contributed by atoms with Gasteiger partial charge < -0.3 is 5.73 Å². The number of rotatable bonds is 2. The number of halogens is 3. The number of anilines is 1. The summed E-state index contributed by atoms with van der Waals surface area (Å²) >= 11 is 5.53. The average Bonchev–Trinajstić information content (AvgIpc) is 2.11. The summed E-state index contributed by atoms with van der Waals surface area (Å²) < 4.78 is 25.0. The van der Waals surface area contributed by atoms with E-state index in [9.17, 15) is 8.78 Å². The Hall–Kier alpha value is -1.41. The van der Waals surface area contributed by atoms with Crippen LogP contribution in [0.1, 0.15) is 17.7 Å². The van der Waals surface area contributed by atoms with Gasteiger partial charge in [0.05, 0.1) is 34.5 Å². The molecule has 0 spiro atoms. The predicted octanol–water partition coefficient (Wildman–Crippen LogP) is 2.32. The maximum Gasteiger partial charge on any atom is 0.267 e. The number of nitrogens with zero attached hydrogens (tertiary/aromatic N) is 2. The fraction of sp³-hybridized carbons (Fsp3) is 0.250. The van der Waals surface area contributed by atoms with Gasteiger partial charge in [-0.25, -0.2) is 8.78 Å². The molecule has 1 heterocycles. The van der Waals surface area contributed by atoms with Gasteiger partial charge in [0.15, 0.2) is 0 Å². The minimum atomic E-state index is -2.77. The van der Waals surface area contributed by atoms with Gasteiger partial charge in [-0.05, 0) is 0 Å². The van der Waals surface area contributed by atoms with E-state index in [2.05, 4.69) is 4.98 Å². The molecule has 0 bridgehead atoms. The van der Waals surface area contributed by atoms with Crippen molar-refractivity contribution >= 4 is 17.3 Å². The first-order valence-electron chi connectivity index (χ1n) is 3.65. The quantitative estimate of drug-likeness (QED) is 0.827. The van der Waals surface area contributed by atoms with E-state index in [4.69, 9.17) is 22.6 Å². The van der Waals surface area contributed by atoms with Crippen LogP contribution in [0.25, 0.3) is 0 Å². The largest absolute Gasteiger partial charge is 0.397 e. The van der Waals surface area contributed by atoms with Crippen LogP contribution >= 0.6 is 11.6 Å². The fourth-order valence-electron chi connectivity index (χ4n) is 1.02. The van der Waals surface area contributed by atoms with Crippen LogP contribution in [0.15, 0.2) is 6.20 Å². The third-order valence-corrected chi connectivity index (χ3v) is 1.96. The summed E-state index contributed by atoms with van der Waals surface area (Å²) in [5.74, 6) is 0. The van der Waals surface area contributed by atoms with Crippen molar-refractivity contribution in [1.82, 2.24) is 4.98 Å². The molecule has 0 aliphatic heterocycles. The summed E-state index contributed by atoms with van der Waals surface area (Å²) in [6, 6.07) is 1.73. The molecule has 0 amide bonds. The summed E-state index contributed by atoms with van der Waals surface area (Å²) in [6.45, 7) is 0. The molecule has 3 nitrogen and oxygen atoms in total. The molecule has 0 atom stereocenters. The molecule has 6 heteroatoms. The van der Waals surface area contributed by atoms with Gasteiger partial charge in [-0.3, -0.25) is 4.98 Å². The van der Waals surface area contributed by atoms with Gasteiger partial charge in [-0.1, -0.05) is 11.6 Å². The van der Waals surface area contributed by atoms with Crippen molar-refractivity contribution < 1.29 is 8.78 Å². The number of hydrogen-bond donors (Lipinski definition) is 1. The zero-order chi connectivity index (χ0) is 10.7. The second kappa shape index (κ2) is 4.20. The first-order valence-corrected chi connectivity index (χ1v) is 4.03. The Bertz CT molecular complexity index is 387. The molecule has 0 fully saturated rings. The third kappa shape index (κ3) is 1.91. The minimum Gasteiger partial charge on any atom is -0.397 e. The molecule has 0 aromatic carbocycles. The summed E-state index contributed by atoms with van der Waals surface area (Å²) in [5.41, 5.74) is 4.68. The zero-order valence-electron chi connectivity index (χ0n) is 6.97. The number of nitrogens with two attached hydrogens (primary N) is 1. The molecule has 0 saturated carbocycles. The highest BCUT2D eigenvalue weighted by molar-refractivity contribution is 6.33. The Morgan fingerprint density at radius 1 is 1.64 bits per heavy atom. The van der Waals surface area contributed by atoms with Gasteiger partial charge in [0.1, 0.15) is 0 Å². The van der Waals surface area contributed by atoms with E-state index in [1.807, 2.05) is 0 Å². The van der Waals surface area contributed by atoms with Gasteiger partial charge in [0.25, 0.3) is 6.43 Å². The zero-order valence-corrected chi connectivity index (χ0v) is 7.72. The topological polar surface area (TPSA) is 62.7 Å². The van der Waals surface area contributed by atoms with Crippen molar-refractivity contribution in [2.24, 2.45) is 0 Å². The van der Waals surface area contributed by atoms with Crippen LogP contribution in [0.4, 0.5) is 14.5 Å². The van der Waals surface area contributed by atoms with Gasteiger partial charge in [-0.2, -0.15) is 5.26 Å². The van der Waals surface area contributed by atoms with Crippen LogP contribution in [0.3, 0.4) is 0 Å². The Morgan fingerprint density at radius 2 is 2.29 bits per heavy atom. The average molecular weight is 218 g/mol. The van der Waals surface area contributed by atoms with Crippen molar-refractivity contribution in [1.29, 1.82) is 5.26 Å². The lowest BCUT2D eigenvalue weighted by molar-refractivity contribution is 0.151. The third-order valence-electron chi connectivity index (χ3n) is 1.66. The lowest BCUT2D eigenvalue weighted by Gasteiger charge is -2.09. The molecule has 0 radical (unpaired) electrons. The molecule has 1 rings (SSSR count). The summed E-state index contributed by atoms with van der Waals surface area (Å²) in [4.78, 5) is 3.64. The maximum absolute atomic E-state index is 12.5. The SMILES string of the molecule is N#CCc1ncc(Cl)c(N)c1C(F)F. The van der Waals surface area contributed by atoms with Gasteiger partial charge in [0, 0.05) is 6.20 Å². The number of pyridine rings is 1. The second-order valence-electron chi connectivity index (χ2n) is 2.52. The number of hydrogen-bond acceptors (Lipinski definition) is 3. The summed E-state index contributed by atoms with van der Waals surface area (Å²) in [6.07, 6.45) is -1.82. The second-order valence-corrected chi connectivity index (χ2v) is 2.92. The van der Waals surface area contributed by atoms with E-state index in [-0.39, 0.29) is 22.8 Å². The smallest absolute Gasteiger partial charge is 0.267 e. The minimum absolute atomic E-state index is 0.0237.